The predicted molar refractivity (Wildman–Crippen MR) is 137 cm³/mol. The van der Waals surface area contributed by atoms with Gasteiger partial charge in [-0.1, -0.05) is 57.9 Å². The lowest BCUT2D eigenvalue weighted by molar-refractivity contribution is 0.0628. The molecule has 1 heterocycles. The van der Waals surface area contributed by atoms with Gasteiger partial charge in [0.2, 0.25) is 0 Å². The number of carbonyl (C=O) groups is 1. The zero-order valence-corrected chi connectivity index (χ0v) is 21.3. The molecular formula is C27H28BrClN2O2. The second-order valence-corrected chi connectivity index (χ2v) is 9.75. The number of benzene rings is 3. The number of piperazine rings is 1. The molecule has 6 heteroatoms. The molecule has 33 heavy (non-hydrogen) atoms. The summed E-state index contributed by atoms with van der Waals surface area (Å²) >= 11 is 9.85. The molecule has 4 rings (SSSR count). The standard InChI is InChI=1S/C27H28BrClN2O2/c1-19-15-24(16-20(2)26(19)29)33-18-21-7-9-22(10-8-21)27(32)31-13-11-30(12-14-31)17-23-5-3-4-6-25(23)28/h3-10,15-16H,11-14,17-18H2,1-2H3. The van der Waals surface area contributed by atoms with E-state index in [-0.39, 0.29) is 5.91 Å². The molecule has 1 saturated heterocycles. The van der Waals surface area contributed by atoms with Crippen LogP contribution in [0, 0.1) is 13.8 Å². The van der Waals surface area contributed by atoms with Crippen molar-refractivity contribution in [3.63, 3.8) is 0 Å². The average molecular weight is 528 g/mol. The molecule has 0 bridgehead atoms. The van der Waals surface area contributed by atoms with Gasteiger partial charge in [0, 0.05) is 47.8 Å². The smallest absolute Gasteiger partial charge is 0.253 e. The third-order valence-electron chi connectivity index (χ3n) is 6.03. The van der Waals surface area contributed by atoms with E-state index >= 15 is 0 Å². The Kier molecular flexibility index (Phi) is 7.74. The topological polar surface area (TPSA) is 32.8 Å². The number of amides is 1. The van der Waals surface area contributed by atoms with E-state index in [9.17, 15) is 4.79 Å². The monoisotopic (exact) mass is 526 g/mol. The Bertz CT molecular complexity index is 1100. The van der Waals surface area contributed by atoms with Gasteiger partial charge in [0.25, 0.3) is 5.91 Å². The van der Waals surface area contributed by atoms with Gasteiger partial charge >= 0.3 is 0 Å². The average Bonchev–Trinajstić information content (AvgIpc) is 2.83. The molecule has 0 atom stereocenters. The first kappa shape index (κ1) is 23.8. The molecule has 0 spiro atoms. The van der Waals surface area contributed by atoms with E-state index in [1.54, 1.807) is 0 Å². The normalized spacial score (nSPS) is 14.4. The maximum atomic E-state index is 13.0. The highest BCUT2D eigenvalue weighted by Gasteiger charge is 2.22. The first-order valence-corrected chi connectivity index (χ1v) is 12.3. The van der Waals surface area contributed by atoms with Crippen molar-refractivity contribution >= 4 is 33.4 Å². The van der Waals surface area contributed by atoms with Crippen LogP contribution in [0.25, 0.3) is 0 Å². The SMILES string of the molecule is Cc1cc(OCc2ccc(C(=O)N3CCN(Cc4ccccc4Br)CC3)cc2)cc(C)c1Cl. The van der Waals surface area contributed by atoms with Gasteiger partial charge in [0.15, 0.2) is 0 Å². The van der Waals surface area contributed by atoms with Gasteiger partial charge in [-0.15, -0.1) is 0 Å². The van der Waals surface area contributed by atoms with E-state index in [1.165, 1.54) is 5.56 Å². The van der Waals surface area contributed by atoms with Crippen LogP contribution >= 0.6 is 27.5 Å². The van der Waals surface area contributed by atoms with Crippen molar-refractivity contribution in [3.05, 3.63) is 98.0 Å². The highest BCUT2D eigenvalue weighted by atomic mass is 79.9. The Balaban J connectivity index is 1.29. The molecule has 0 saturated carbocycles. The molecule has 3 aromatic carbocycles. The summed E-state index contributed by atoms with van der Waals surface area (Å²) < 4.78 is 7.06. The van der Waals surface area contributed by atoms with E-state index in [2.05, 4.69) is 39.0 Å². The molecule has 3 aromatic rings. The number of halogens is 2. The Morgan fingerprint density at radius 3 is 2.24 bits per heavy atom. The van der Waals surface area contributed by atoms with E-state index in [1.807, 2.05) is 61.2 Å². The van der Waals surface area contributed by atoms with Crippen LogP contribution in [0.2, 0.25) is 5.02 Å². The van der Waals surface area contributed by atoms with Crippen LogP contribution < -0.4 is 4.74 Å². The summed E-state index contributed by atoms with van der Waals surface area (Å²) in [6.45, 7) is 8.52. The summed E-state index contributed by atoms with van der Waals surface area (Å²) in [4.78, 5) is 17.3. The number of hydrogen-bond donors (Lipinski definition) is 0. The van der Waals surface area contributed by atoms with Crippen molar-refractivity contribution in [2.75, 3.05) is 26.2 Å². The van der Waals surface area contributed by atoms with Crippen LogP contribution in [0.3, 0.4) is 0 Å². The summed E-state index contributed by atoms with van der Waals surface area (Å²) in [7, 11) is 0. The lowest BCUT2D eigenvalue weighted by Gasteiger charge is -2.35. The minimum atomic E-state index is 0.0898. The molecule has 0 unspecified atom stereocenters. The molecular weight excluding hydrogens is 500 g/mol. The maximum Gasteiger partial charge on any atom is 0.253 e. The van der Waals surface area contributed by atoms with Crippen molar-refractivity contribution < 1.29 is 9.53 Å². The van der Waals surface area contributed by atoms with Gasteiger partial charge in [-0.05, 0) is 66.4 Å². The highest BCUT2D eigenvalue weighted by Crippen LogP contribution is 2.26. The van der Waals surface area contributed by atoms with Gasteiger partial charge in [0.05, 0.1) is 0 Å². The summed E-state index contributed by atoms with van der Waals surface area (Å²) in [5.74, 6) is 0.891. The van der Waals surface area contributed by atoms with Crippen LogP contribution in [0.15, 0.2) is 65.1 Å². The first-order valence-electron chi connectivity index (χ1n) is 11.1. The zero-order chi connectivity index (χ0) is 23.4. The number of nitrogens with zero attached hydrogens (tertiary/aromatic N) is 2. The second kappa shape index (κ2) is 10.7. The largest absolute Gasteiger partial charge is 0.489 e. The third kappa shape index (κ3) is 5.97. The number of rotatable bonds is 6. The zero-order valence-electron chi connectivity index (χ0n) is 19.0. The van der Waals surface area contributed by atoms with E-state index in [0.717, 1.165) is 70.2 Å². The highest BCUT2D eigenvalue weighted by molar-refractivity contribution is 9.10. The minimum absolute atomic E-state index is 0.0898. The fourth-order valence-corrected chi connectivity index (χ4v) is 4.58. The molecule has 1 aliphatic rings. The number of ether oxygens (including phenoxy) is 1. The lowest BCUT2D eigenvalue weighted by Crippen LogP contribution is -2.48. The molecule has 4 nitrogen and oxygen atoms in total. The van der Waals surface area contributed by atoms with Gasteiger partial charge in [0.1, 0.15) is 12.4 Å². The Morgan fingerprint density at radius 1 is 0.970 bits per heavy atom. The molecule has 0 radical (unpaired) electrons. The lowest BCUT2D eigenvalue weighted by atomic mass is 10.1. The predicted octanol–water partition coefficient (Wildman–Crippen LogP) is 6.26. The minimum Gasteiger partial charge on any atom is -0.489 e. The summed E-state index contributed by atoms with van der Waals surface area (Å²) in [5.41, 5.74) is 5.03. The summed E-state index contributed by atoms with van der Waals surface area (Å²) in [6, 6.07) is 19.9. The van der Waals surface area contributed by atoms with E-state index in [4.69, 9.17) is 16.3 Å². The van der Waals surface area contributed by atoms with E-state index < -0.39 is 0 Å². The van der Waals surface area contributed by atoms with Gasteiger partial charge in [-0.2, -0.15) is 0 Å². The molecule has 1 amide bonds. The molecule has 0 N–H and O–H groups in total. The second-order valence-electron chi connectivity index (χ2n) is 8.52. The number of carbonyl (C=O) groups excluding carboxylic acids is 1. The van der Waals surface area contributed by atoms with Crippen molar-refractivity contribution in [2.45, 2.75) is 27.0 Å². The summed E-state index contributed by atoms with van der Waals surface area (Å²) in [5, 5.41) is 0.777. The third-order valence-corrected chi connectivity index (χ3v) is 7.40. The summed E-state index contributed by atoms with van der Waals surface area (Å²) in [6.07, 6.45) is 0. The number of aryl methyl sites for hydroxylation is 2. The quantitative estimate of drug-likeness (QED) is 0.379. The fourth-order valence-electron chi connectivity index (χ4n) is 4.06. The Labute approximate surface area is 209 Å². The molecule has 172 valence electrons. The van der Waals surface area contributed by atoms with Gasteiger partial charge < -0.3 is 9.64 Å². The molecule has 0 aromatic heterocycles. The first-order chi connectivity index (χ1) is 15.9. The van der Waals surface area contributed by atoms with Crippen molar-refractivity contribution in [2.24, 2.45) is 0 Å². The van der Waals surface area contributed by atoms with E-state index in [0.29, 0.717) is 6.61 Å². The molecule has 0 aliphatic carbocycles. The van der Waals surface area contributed by atoms with Crippen molar-refractivity contribution in [1.29, 1.82) is 0 Å². The molecule has 1 aliphatic heterocycles. The van der Waals surface area contributed by atoms with Crippen molar-refractivity contribution in [3.8, 4) is 5.75 Å². The van der Waals surface area contributed by atoms with Crippen LogP contribution in [0.5, 0.6) is 5.75 Å². The Morgan fingerprint density at radius 2 is 1.61 bits per heavy atom. The fraction of sp³-hybridized carbons (Fsp3) is 0.296. The van der Waals surface area contributed by atoms with Crippen LogP contribution in [0.4, 0.5) is 0 Å². The van der Waals surface area contributed by atoms with Crippen LogP contribution in [0.1, 0.15) is 32.6 Å². The van der Waals surface area contributed by atoms with Crippen LogP contribution in [-0.2, 0) is 13.2 Å². The molecule has 1 fully saturated rings. The van der Waals surface area contributed by atoms with Crippen LogP contribution in [-0.4, -0.2) is 41.9 Å². The number of hydrogen-bond acceptors (Lipinski definition) is 3. The maximum absolute atomic E-state index is 13.0. The Hall–Kier alpha value is -2.34. The van der Waals surface area contributed by atoms with Crippen molar-refractivity contribution in [1.82, 2.24) is 9.80 Å². The van der Waals surface area contributed by atoms with Gasteiger partial charge in [-0.25, -0.2) is 0 Å². The van der Waals surface area contributed by atoms with Gasteiger partial charge in [-0.3, -0.25) is 9.69 Å².